The summed E-state index contributed by atoms with van der Waals surface area (Å²) < 4.78 is 5.04. The number of pyridine rings is 1. The molecule has 12 heteroatoms. The van der Waals surface area contributed by atoms with Crippen molar-refractivity contribution < 1.29 is 24.4 Å². The first-order valence-electron chi connectivity index (χ1n) is 9.07. The van der Waals surface area contributed by atoms with E-state index in [1.807, 2.05) is 0 Å². The molecule has 3 rings (SSSR count). The number of anilines is 1. The Labute approximate surface area is 186 Å². The summed E-state index contributed by atoms with van der Waals surface area (Å²) in [6.45, 7) is -0.0969. The Morgan fingerprint density at radius 3 is 2.44 bits per heavy atom. The van der Waals surface area contributed by atoms with Gasteiger partial charge in [0.1, 0.15) is 0 Å². The Hall–Kier alpha value is -4.16. The van der Waals surface area contributed by atoms with Crippen LogP contribution in [0.4, 0.5) is 11.4 Å². The van der Waals surface area contributed by atoms with E-state index in [9.17, 15) is 24.8 Å². The first-order valence-corrected chi connectivity index (χ1v) is 9.48. The number of hydrogen-bond donors (Lipinski definition) is 4. The van der Waals surface area contributed by atoms with E-state index in [4.69, 9.17) is 17.0 Å². The molecule has 11 nitrogen and oxygen atoms in total. The first-order chi connectivity index (χ1) is 15.3. The SMILES string of the molecule is COCc1nc2ccccc2c(C(=O)NNC(=S)Nc2ccc([N+](=O)[O-])cc2)c1C(=O)O. The van der Waals surface area contributed by atoms with Crippen molar-refractivity contribution in [3.05, 3.63) is 75.5 Å². The van der Waals surface area contributed by atoms with Gasteiger partial charge in [-0.25, -0.2) is 9.78 Å². The first kappa shape index (κ1) is 22.5. The van der Waals surface area contributed by atoms with Gasteiger partial charge < -0.3 is 15.2 Å². The van der Waals surface area contributed by atoms with Gasteiger partial charge in [-0.1, -0.05) is 18.2 Å². The van der Waals surface area contributed by atoms with Gasteiger partial charge in [-0.05, 0) is 30.4 Å². The second-order valence-electron chi connectivity index (χ2n) is 6.40. The molecule has 0 aliphatic heterocycles. The number of carbonyl (C=O) groups is 2. The number of non-ortho nitro benzene ring substituents is 1. The fraction of sp³-hybridized carbons (Fsp3) is 0.100. The number of benzene rings is 2. The van der Waals surface area contributed by atoms with E-state index in [1.165, 1.54) is 31.4 Å². The minimum Gasteiger partial charge on any atom is -0.478 e. The minimum atomic E-state index is -1.33. The van der Waals surface area contributed by atoms with Crippen molar-refractivity contribution in [3.63, 3.8) is 0 Å². The van der Waals surface area contributed by atoms with Crippen molar-refractivity contribution in [2.75, 3.05) is 12.4 Å². The zero-order valence-corrected chi connectivity index (χ0v) is 17.4. The lowest BCUT2D eigenvalue weighted by Crippen LogP contribution is -2.44. The quantitative estimate of drug-likeness (QED) is 0.247. The lowest BCUT2D eigenvalue weighted by Gasteiger charge is -2.16. The number of amides is 1. The molecule has 0 saturated carbocycles. The number of nitro groups is 1. The van der Waals surface area contributed by atoms with Crippen LogP contribution in [-0.4, -0.2) is 39.1 Å². The molecule has 1 heterocycles. The molecule has 1 amide bonds. The maximum absolute atomic E-state index is 12.9. The average molecular weight is 455 g/mol. The average Bonchev–Trinajstić information content (AvgIpc) is 2.77. The van der Waals surface area contributed by atoms with Crippen molar-refractivity contribution >= 4 is 51.5 Å². The van der Waals surface area contributed by atoms with Crippen LogP contribution in [0.25, 0.3) is 10.9 Å². The summed E-state index contributed by atoms with van der Waals surface area (Å²) in [6.07, 6.45) is 0. The third-order valence-electron chi connectivity index (χ3n) is 4.31. The smallest absolute Gasteiger partial charge is 0.338 e. The Bertz CT molecular complexity index is 1220. The number of methoxy groups -OCH3 is 1. The van der Waals surface area contributed by atoms with E-state index in [2.05, 4.69) is 21.2 Å². The summed E-state index contributed by atoms with van der Waals surface area (Å²) in [5.41, 5.74) is 5.39. The van der Waals surface area contributed by atoms with Crippen LogP contribution in [0.5, 0.6) is 0 Å². The van der Waals surface area contributed by atoms with Gasteiger partial charge in [-0.15, -0.1) is 0 Å². The summed E-state index contributed by atoms with van der Waals surface area (Å²) in [5, 5.41) is 23.5. The van der Waals surface area contributed by atoms with Crippen molar-refractivity contribution in [1.29, 1.82) is 0 Å². The minimum absolute atomic E-state index is 0.0143. The highest BCUT2D eigenvalue weighted by Gasteiger charge is 2.25. The van der Waals surface area contributed by atoms with Gasteiger partial charge in [-0.3, -0.25) is 25.8 Å². The number of hydrazine groups is 1. The number of rotatable bonds is 6. The van der Waals surface area contributed by atoms with Crippen molar-refractivity contribution in [2.45, 2.75) is 6.61 Å². The predicted molar refractivity (Wildman–Crippen MR) is 119 cm³/mol. The molecule has 0 saturated heterocycles. The van der Waals surface area contributed by atoms with E-state index >= 15 is 0 Å². The number of carboxylic acids is 1. The predicted octanol–water partition coefficient (Wildman–Crippen LogP) is 2.62. The zero-order chi connectivity index (χ0) is 23.3. The second kappa shape index (κ2) is 9.76. The number of aromatic nitrogens is 1. The van der Waals surface area contributed by atoms with E-state index in [-0.39, 0.29) is 34.2 Å². The highest BCUT2D eigenvalue weighted by Crippen LogP contribution is 2.24. The van der Waals surface area contributed by atoms with Crippen molar-refractivity contribution in [3.8, 4) is 0 Å². The molecule has 0 fully saturated rings. The fourth-order valence-corrected chi connectivity index (χ4v) is 3.14. The third-order valence-corrected chi connectivity index (χ3v) is 4.52. The van der Waals surface area contributed by atoms with Crippen LogP contribution in [0.2, 0.25) is 0 Å². The lowest BCUT2D eigenvalue weighted by molar-refractivity contribution is -0.384. The maximum Gasteiger partial charge on any atom is 0.338 e. The Morgan fingerprint density at radius 2 is 1.81 bits per heavy atom. The van der Waals surface area contributed by atoms with E-state index < -0.39 is 16.8 Å². The van der Waals surface area contributed by atoms with Crippen LogP contribution in [0, 0.1) is 10.1 Å². The number of nitro benzene ring substituents is 1. The monoisotopic (exact) mass is 455 g/mol. The number of carboxylic acid groups (broad SMARTS) is 1. The summed E-state index contributed by atoms with van der Waals surface area (Å²) in [6, 6.07) is 12.1. The molecule has 164 valence electrons. The number of carbonyl (C=O) groups excluding carboxylic acids is 1. The van der Waals surface area contributed by atoms with Crippen LogP contribution in [0.15, 0.2) is 48.5 Å². The number of aromatic carboxylic acids is 1. The molecule has 0 aliphatic carbocycles. The van der Waals surface area contributed by atoms with Crippen LogP contribution in [0.3, 0.4) is 0 Å². The summed E-state index contributed by atoms with van der Waals surface area (Å²) in [7, 11) is 1.39. The van der Waals surface area contributed by atoms with Crippen LogP contribution in [0.1, 0.15) is 26.4 Å². The molecule has 0 spiro atoms. The Kier molecular flexibility index (Phi) is 6.87. The normalized spacial score (nSPS) is 10.4. The molecule has 0 bridgehead atoms. The highest BCUT2D eigenvalue weighted by molar-refractivity contribution is 7.80. The number of nitrogens with zero attached hydrogens (tertiary/aromatic N) is 2. The molecular formula is C20H17N5O6S. The molecule has 0 aliphatic rings. The fourth-order valence-electron chi connectivity index (χ4n) is 2.98. The van der Waals surface area contributed by atoms with Crippen molar-refractivity contribution in [2.24, 2.45) is 0 Å². The number of para-hydroxylation sites is 1. The molecule has 1 aromatic heterocycles. The zero-order valence-electron chi connectivity index (χ0n) is 16.6. The molecular weight excluding hydrogens is 438 g/mol. The Morgan fingerprint density at radius 1 is 1.12 bits per heavy atom. The van der Waals surface area contributed by atoms with Gasteiger partial charge in [0, 0.05) is 30.3 Å². The second-order valence-corrected chi connectivity index (χ2v) is 6.81. The number of fused-ring (bicyclic) bond motifs is 1. The lowest BCUT2D eigenvalue weighted by atomic mass is 9.99. The summed E-state index contributed by atoms with van der Waals surface area (Å²) in [5.74, 6) is -2.07. The van der Waals surface area contributed by atoms with Crippen LogP contribution >= 0.6 is 12.2 Å². The van der Waals surface area contributed by atoms with Gasteiger partial charge in [0.05, 0.1) is 33.9 Å². The van der Waals surface area contributed by atoms with E-state index in [0.29, 0.717) is 16.6 Å². The Balaban J connectivity index is 1.83. The molecule has 32 heavy (non-hydrogen) atoms. The molecule has 4 N–H and O–H groups in total. The topological polar surface area (TPSA) is 156 Å². The molecule has 0 unspecified atom stereocenters. The third kappa shape index (κ3) is 4.94. The number of hydrogen-bond acceptors (Lipinski definition) is 7. The highest BCUT2D eigenvalue weighted by atomic mass is 32.1. The summed E-state index contributed by atoms with van der Waals surface area (Å²) >= 11 is 5.12. The van der Waals surface area contributed by atoms with Gasteiger partial charge in [0.25, 0.3) is 11.6 Å². The number of ether oxygens (including phenoxy) is 1. The van der Waals surface area contributed by atoms with E-state index in [1.54, 1.807) is 24.3 Å². The molecule has 2 aromatic carbocycles. The van der Waals surface area contributed by atoms with Gasteiger partial charge in [0.15, 0.2) is 5.11 Å². The van der Waals surface area contributed by atoms with Crippen molar-refractivity contribution in [1.82, 2.24) is 15.8 Å². The van der Waals surface area contributed by atoms with Gasteiger partial charge in [-0.2, -0.15) is 0 Å². The molecule has 0 atom stereocenters. The molecule has 0 radical (unpaired) electrons. The van der Waals surface area contributed by atoms with E-state index in [0.717, 1.165) is 0 Å². The van der Waals surface area contributed by atoms with Crippen LogP contribution < -0.4 is 16.2 Å². The standard InChI is InChI=1S/C20H17N5O6S/c1-31-10-15-17(19(27)28)16(13-4-2-3-5-14(13)22-15)18(26)23-24-20(32)21-11-6-8-12(9-7-11)25(29)30/h2-9H,10H2,1H3,(H,23,26)(H,27,28)(H2,21,24,32). The number of thiocarbonyl (C=S) groups is 1. The molecule has 3 aromatic rings. The summed E-state index contributed by atoms with van der Waals surface area (Å²) in [4.78, 5) is 39.4. The van der Waals surface area contributed by atoms with Gasteiger partial charge >= 0.3 is 5.97 Å². The number of nitrogens with one attached hydrogen (secondary N) is 3. The maximum atomic E-state index is 12.9. The largest absolute Gasteiger partial charge is 0.478 e. The van der Waals surface area contributed by atoms with Gasteiger partial charge in [0.2, 0.25) is 0 Å². The van der Waals surface area contributed by atoms with Crippen LogP contribution in [-0.2, 0) is 11.3 Å².